The van der Waals surface area contributed by atoms with Crippen LogP contribution < -0.4 is 4.90 Å². The van der Waals surface area contributed by atoms with Crippen LogP contribution in [0.1, 0.15) is 31.2 Å². The lowest BCUT2D eigenvalue weighted by molar-refractivity contribution is 0.207. The predicted octanol–water partition coefficient (Wildman–Crippen LogP) is 3.18. The second-order valence-electron chi connectivity index (χ2n) is 5.36. The van der Waals surface area contributed by atoms with Crippen LogP contribution in [-0.2, 0) is 6.42 Å². The summed E-state index contributed by atoms with van der Waals surface area (Å²) in [6.07, 6.45) is 5.39. The minimum Gasteiger partial charge on any atom is -0.324 e. The summed E-state index contributed by atoms with van der Waals surface area (Å²) in [5.41, 5.74) is 1.83. The molecule has 3 rings (SSSR count). The molecule has 1 aromatic rings. The van der Waals surface area contributed by atoms with Gasteiger partial charge in [0.05, 0.1) is 5.69 Å². The van der Waals surface area contributed by atoms with Crippen LogP contribution in [0.3, 0.4) is 0 Å². The second-order valence-corrected chi connectivity index (χ2v) is 5.36. The summed E-state index contributed by atoms with van der Waals surface area (Å²) >= 11 is 0. The van der Waals surface area contributed by atoms with Crippen molar-refractivity contribution in [2.45, 2.75) is 32.1 Å². The van der Waals surface area contributed by atoms with Crippen molar-refractivity contribution in [3.05, 3.63) is 29.6 Å². The summed E-state index contributed by atoms with van der Waals surface area (Å²) in [5, 5.41) is 0. The van der Waals surface area contributed by atoms with Gasteiger partial charge < -0.3 is 4.90 Å². The zero-order valence-corrected chi connectivity index (χ0v) is 11.1. The molecule has 2 aliphatic heterocycles. The Labute approximate surface area is 113 Å². The number of carbonyl (C=O) groups excluding carboxylic acids is 1. The third-order valence-electron chi connectivity index (χ3n) is 4.05. The number of carbonyl (C=O) groups is 1. The maximum atomic E-state index is 13.4. The van der Waals surface area contributed by atoms with E-state index in [0.29, 0.717) is 6.54 Å². The average Bonchev–Trinajstić information content (AvgIpc) is 2.64. The van der Waals surface area contributed by atoms with Crippen molar-refractivity contribution in [1.29, 1.82) is 0 Å². The smallest absolute Gasteiger partial charge is 0.324 e. The van der Waals surface area contributed by atoms with Gasteiger partial charge in [0, 0.05) is 19.6 Å². The molecule has 0 atom stereocenters. The SMILES string of the molecule is O=C(N1CCCCCC1)N1CCc2ccc(F)cc21. The minimum absolute atomic E-state index is 0.0475. The quantitative estimate of drug-likeness (QED) is 0.704. The Balaban J connectivity index is 1.80. The Bertz CT molecular complexity index is 481. The van der Waals surface area contributed by atoms with Crippen LogP contribution in [0.4, 0.5) is 14.9 Å². The number of urea groups is 1. The standard InChI is InChI=1S/C15H19FN2O/c16-13-6-5-12-7-10-18(14(12)11-13)15(19)17-8-3-1-2-4-9-17/h5-6,11H,1-4,7-10H2. The van der Waals surface area contributed by atoms with E-state index in [1.807, 2.05) is 4.90 Å². The number of hydrogen-bond acceptors (Lipinski definition) is 1. The maximum absolute atomic E-state index is 13.4. The molecule has 0 spiro atoms. The van der Waals surface area contributed by atoms with Gasteiger partial charge >= 0.3 is 6.03 Å². The highest BCUT2D eigenvalue weighted by Crippen LogP contribution is 2.30. The molecule has 1 fully saturated rings. The number of benzene rings is 1. The van der Waals surface area contributed by atoms with E-state index < -0.39 is 0 Å². The number of rotatable bonds is 0. The summed E-state index contributed by atoms with van der Waals surface area (Å²) in [4.78, 5) is 16.2. The number of nitrogens with zero attached hydrogens (tertiary/aromatic N) is 2. The van der Waals surface area contributed by atoms with E-state index >= 15 is 0 Å². The van der Waals surface area contributed by atoms with Crippen molar-refractivity contribution in [1.82, 2.24) is 4.90 Å². The molecule has 2 aliphatic rings. The van der Waals surface area contributed by atoms with Gasteiger partial charge in [-0.15, -0.1) is 0 Å². The zero-order valence-electron chi connectivity index (χ0n) is 11.1. The van der Waals surface area contributed by atoms with E-state index in [2.05, 4.69) is 0 Å². The lowest BCUT2D eigenvalue weighted by Crippen LogP contribution is -2.43. The largest absolute Gasteiger partial charge is 0.324 e. The normalized spacial score (nSPS) is 19.2. The van der Waals surface area contributed by atoms with Crippen molar-refractivity contribution in [2.75, 3.05) is 24.5 Å². The molecule has 0 saturated carbocycles. The maximum Gasteiger partial charge on any atom is 0.324 e. The van der Waals surface area contributed by atoms with Gasteiger partial charge in [-0.3, -0.25) is 4.90 Å². The molecule has 2 amide bonds. The zero-order chi connectivity index (χ0) is 13.2. The van der Waals surface area contributed by atoms with Crippen LogP contribution in [0.15, 0.2) is 18.2 Å². The van der Waals surface area contributed by atoms with Gasteiger partial charge in [0.1, 0.15) is 5.82 Å². The van der Waals surface area contributed by atoms with E-state index in [4.69, 9.17) is 0 Å². The summed E-state index contributed by atoms with van der Waals surface area (Å²) in [7, 11) is 0. The molecule has 1 aromatic carbocycles. The third-order valence-corrected chi connectivity index (χ3v) is 4.05. The number of amides is 2. The molecule has 0 unspecified atom stereocenters. The number of anilines is 1. The lowest BCUT2D eigenvalue weighted by atomic mass is 10.2. The Kier molecular flexibility index (Phi) is 3.40. The summed E-state index contributed by atoms with van der Waals surface area (Å²) < 4.78 is 13.4. The van der Waals surface area contributed by atoms with Crippen LogP contribution in [0.25, 0.3) is 0 Å². The van der Waals surface area contributed by atoms with Crippen molar-refractivity contribution < 1.29 is 9.18 Å². The van der Waals surface area contributed by atoms with E-state index in [-0.39, 0.29) is 11.8 Å². The molecule has 19 heavy (non-hydrogen) atoms. The Hall–Kier alpha value is -1.58. The van der Waals surface area contributed by atoms with Crippen LogP contribution in [0, 0.1) is 5.82 Å². The fourth-order valence-electron chi connectivity index (χ4n) is 2.98. The topological polar surface area (TPSA) is 23.6 Å². The molecule has 0 N–H and O–H groups in total. The van der Waals surface area contributed by atoms with Gasteiger partial charge in [0.15, 0.2) is 0 Å². The van der Waals surface area contributed by atoms with Gasteiger partial charge in [-0.05, 0) is 37.0 Å². The molecule has 4 heteroatoms. The Morgan fingerprint density at radius 3 is 2.53 bits per heavy atom. The van der Waals surface area contributed by atoms with Gasteiger partial charge in [-0.25, -0.2) is 9.18 Å². The van der Waals surface area contributed by atoms with E-state index in [0.717, 1.165) is 43.6 Å². The monoisotopic (exact) mass is 262 g/mol. The molecule has 0 aromatic heterocycles. The van der Waals surface area contributed by atoms with Gasteiger partial charge in [-0.2, -0.15) is 0 Å². The fourth-order valence-corrected chi connectivity index (χ4v) is 2.98. The number of likely N-dealkylation sites (tertiary alicyclic amines) is 1. The van der Waals surface area contributed by atoms with Crippen molar-refractivity contribution in [2.24, 2.45) is 0 Å². The highest BCUT2D eigenvalue weighted by molar-refractivity contribution is 5.94. The first-order valence-electron chi connectivity index (χ1n) is 7.10. The first-order chi connectivity index (χ1) is 9.25. The van der Waals surface area contributed by atoms with Crippen LogP contribution in [0.2, 0.25) is 0 Å². The van der Waals surface area contributed by atoms with E-state index in [1.165, 1.54) is 25.0 Å². The molecule has 2 heterocycles. The van der Waals surface area contributed by atoms with E-state index in [1.54, 1.807) is 11.0 Å². The molecule has 102 valence electrons. The third kappa shape index (κ3) is 2.44. The number of fused-ring (bicyclic) bond motifs is 1. The summed E-state index contributed by atoms with van der Waals surface area (Å²) in [5.74, 6) is -0.269. The van der Waals surface area contributed by atoms with Crippen molar-refractivity contribution in [3.8, 4) is 0 Å². The summed E-state index contributed by atoms with van der Waals surface area (Å²) in [6, 6.07) is 4.79. The highest BCUT2D eigenvalue weighted by Gasteiger charge is 2.28. The first kappa shape index (κ1) is 12.5. The predicted molar refractivity (Wildman–Crippen MR) is 72.9 cm³/mol. The highest BCUT2D eigenvalue weighted by atomic mass is 19.1. The van der Waals surface area contributed by atoms with E-state index in [9.17, 15) is 9.18 Å². The molecule has 0 aliphatic carbocycles. The van der Waals surface area contributed by atoms with Crippen LogP contribution >= 0.6 is 0 Å². The molecule has 0 radical (unpaired) electrons. The molecular weight excluding hydrogens is 243 g/mol. The molecular formula is C15H19FN2O. The van der Waals surface area contributed by atoms with Gasteiger partial charge in [0.25, 0.3) is 0 Å². The Morgan fingerprint density at radius 1 is 1.05 bits per heavy atom. The minimum atomic E-state index is -0.269. The van der Waals surface area contributed by atoms with Gasteiger partial charge in [-0.1, -0.05) is 18.9 Å². The van der Waals surface area contributed by atoms with Crippen molar-refractivity contribution >= 4 is 11.7 Å². The van der Waals surface area contributed by atoms with Crippen LogP contribution in [0.5, 0.6) is 0 Å². The second kappa shape index (κ2) is 5.19. The average molecular weight is 262 g/mol. The Morgan fingerprint density at radius 2 is 1.79 bits per heavy atom. The van der Waals surface area contributed by atoms with Crippen LogP contribution in [-0.4, -0.2) is 30.6 Å². The van der Waals surface area contributed by atoms with Crippen molar-refractivity contribution in [3.63, 3.8) is 0 Å². The first-order valence-corrected chi connectivity index (χ1v) is 7.10. The molecule has 3 nitrogen and oxygen atoms in total. The summed E-state index contributed by atoms with van der Waals surface area (Å²) in [6.45, 7) is 2.34. The fraction of sp³-hybridized carbons (Fsp3) is 0.533. The number of hydrogen-bond donors (Lipinski definition) is 0. The molecule has 0 bridgehead atoms. The number of halogens is 1. The lowest BCUT2D eigenvalue weighted by Gasteiger charge is -2.27. The van der Waals surface area contributed by atoms with Gasteiger partial charge in [0.2, 0.25) is 0 Å². The molecule has 1 saturated heterocycles.